The molecule has 1 aliphatic heterocycles. The summed E-state index contributed by atoms with van der Waals surface area (Å²) < 4.78 is 5.22. The zero-order valence-electron chi connectivity index (χ0n) is 9.82. The molecule has 0 radical (unpaired) electrons. The highest BCUT2D eigenvalue weighted by atomic mass is 16.5. The Labute approximate surface area is 96.0 Å². The summed E-state index contributed by atoms with van der Waals surface area (Å²) in [6.07, 6.45) is 0.965. The van der Waals surface area contributed by atoms with Crippen molar-refractivity contribution in [3.63, 3.8) is 0 Å². The van der Waals surface area contributed by atoms with Gasteiger partial charge in [-0.2, -0.15) is 0 Å². The van der Waals surface area contributed by atoms with Gasteiger partial charge in [0.1, 0.15) is 5.75 Å². The molecule has 0 N–H and O–H groups in total. The maximum Gasteiger partial charge on any atom is 0.308 e. The van der Waals surface area contributed by atoms with Gasteiger partial charge in [-0.05, 0) is 24.6 Å². The first kappa shape index (κ1) is 11.1. The fraction of sp³-hybridized carbons (Fsp3) is 0.462. The second-order valence-electron chi connectivity index (χ2n) is 4.11. The van der Waals surface area contributed by atoms with E-state index in [-0.39, 0.29) is 5.97 Å². The zero-order valence-corrected chi connectivity index (χ0v) is 9.82. The molecule has 0 spiro atoms. The van der Waals surface area contributed by atoms with Gasteiger partial charge in [-0.15, -0.1) is 0 Å². The lowest BCUT2D eigenvalue weighted by molar-refractivity contribution is -0.131. The van der Waals surface area contributed by atoms with E-state index in [4.69, 9.17) is 4.74 Å². The standard InChI is InChI=1S/C13H17NO2/c1-3-14-8-7-12-11(9-14)5-4-6-13(12)16-10(2)15/h4-6H,3,7-9H2,1-2H3. The number of carbonyl (C=O) groups is 1. The molecule has 1 aliphatic rings. The smallest absolute Gasteiger partial charge is 0.308 e. The molecule has 0 amide bonds. The van der Waals surface area contributed by atoms with E-state index >= 15 is 0 Å². The van der Waals surface area contributed by atoms with Crippen molar-refractivity contribution in [3.8, 4) is 5.75 Å². The third-order valence-corrected chi connectivity index (χ3v) is 3.00. The highest BCUT2D eigenvalue weighted by molar-refractivity contribution is 5.70. The Hall–Kier alpha value is -1.35. The zero-order chi connectivity index (χ0) is 11.5. The van der Waals surface area contributed by atoms with E-state index in [2.05, 4.69) is 17.9 Å². The Balaban J connectivity index is 2.27. The van der Waals surface area contributed by atoms with Gasteiger partial charge >= 0.3 is 5.97 Å². The van der Waals surface area contributed by atoms with E-state index in [1.807, 2.05) is 12.1 Å². The van der Waals surface area contributed by atoms with Crippen LogP contribution in [0.4, 0.5) is 0 Å². The van der Waals surface area contributed by atoms with Gasteiger partial charge in [0, 0.05) is 25.6 Å². The Morgan fingerprint density at radius 1 is 1.50 bits per heavy atom. The van der Waals surface area contributed by atoms with Gasteiger partial charge in [0.05, 0.1) is 0 Å². The molecule has 0 aromatic heterocycles. The van der Waals surface area contributed by atoms with E-state index < -0.39 is 0 Å². The van der Waals surface area contributed by atoms with Crippen molar-refractivity contribution >= 4 is 5.97 Å². The highest BCUT2D eigenvalue weighted by Gasteiger charge is 2.18. The predicted molar refractivity (Wildman–Crippen MR) is 62.4 cm³/mol. The highest BCUT2D eigenvalue weighted by Crippen LogP contribution is 2.27. The van der Waals surface area contributed by atoms with Gasteiger partial charge in [0.25, 0.3) is 0 Å². The minimum Gasteiger partial charge on any atom is -0.426 e. The van der Waals surface area contributed by atoms with Crippen LogP contribution in [0.5, 0.6) is 5.75 Å². The van der Waals surface area contributed by atoms with E-state index in [0.717, 1.165) is 31.8 Å². The first-order valence-corrected chi connectivity index (χ1v) is 5.72. The van der Waals surface area contributed by atoms with Crippen molar-refractivity contribution in [2.24, 2.45) is 0 Å². The molecule has 2 rings (SSSR count). The monoisotopic (exact) mass is 219 g/mol. The first-order chi connectivity index (χ1) is 7.70. The number of esters is 1. The number of likely N-dealkylation sites (N-methyl/N-ethyl adjacent to an activating group) is 1. The van der Waals surface area contributed by atoms with Crippen LogP contribution >= 0.6 is 0 Å². The lowest BCUT2D eigenvalue weighted by atomic mass is 9.99. The van der Waals surface area contributed by atoms with Crippen LogP contribution in [0.15, 0.2) is 18.2 Å². The number of nitrogens with zero attached hydrogens (tertiary/aromatic N) is 1. The van der Waals surface area contributed by atoms with Crippen molar-refractivity contribution in [2.75, 3.05) is 13.1 Å². The second kappa shape index (κ2) is 4.66. The normalized spacial score (nSPS) is 15.6. The van der Waals surface area contributed by atoms with Crippen LogP contribution in [0.3, 0.4) is 0 Å². The molecule has 0 bridgehead atoms. The lowest BCUT2D eigenvalue weighted by Gasteiger charge is -2.28. The van der Waals surface area contributed by atoms with Crippen LogP contribution in [0.2, 0.25) is 0 Å². The van der Waals surface area contributed by atoms with Crippen LogP contribution < -0.4 is 4.74 Å². The quantitative estimate of drug-likeness (QED) is 0.562. The second-order valence-corrected chi connectivity index (χ2v) is 4.11. The fourth-order valence-electron chi connectivity index (χ4n) is 2.15. The van der Waals surface area contributed by atoms with Crippen molar-refractivity contribution in [1.29, 1.82) is 0 Å². The third kappa shape index (κ3) is 2.25. The average Bonchev–Trinajstić information content (AvgIpc) is 2.28. The number of rotatable bonds is 2. The largest absolute Gasteiger partial charge is 0.426 e. The molecular weight excluding hydrogens is 202 g/mol. The van der Waals surface area contributed by atoms with E-state index in [9.17, 15) is 4.79 Å². The summed E-state index contributed by atoms with van der Waals surface area (Å²) in [5.41, 5.74) is 2.48. The van der Waals surface area contributed by atoms with Crippen molar-refractivity contribution in [1.82, 2.24) is 4.90 Å². The predicted octanol–water partition coefficient (Wildman–Crippen LogP) is 1.99. The number of fused-ring (bicyclic) bond motifs is 1. The average molecular weight is 219 g/mol. The first-order valence-electron chi connectivity index (χ1n) is 5.72. The third-order valence-electron chi connectivity index (χ3n) is 3.00. The van der Waals surface area contributed by atoms with Crippen LogP contribution in [0, 0.1) is 0 Å². The Bertz CT molecular complexity index is 401. The summed E-state index contributed by atoms with van der Waals surface area (Å²) in [7, 11) is 0. The van der Waals surface area contributed by atoms with Crippen LogP contribution in [-0.2, 0) is 17.8 Å². The van der Waals surface area contributed by atoms with E-state index in [1.165, 1.54) is 18.1 Å². The summed E-state index contributed by atoms with van der Waals surface area (Å²) in [6.45, 7) is 6.68. The minimum atomic E-state index is -0.244. The number of hydrogen-bond acceptors (Lipinski definition) is 3. The fourth-order valence-corrected chi connectivity index (χ4v) is 2.15. The van der Waals surface area contributed by atoms with Gasteiger partial charge in [-0.25, -0.2) is 0 Å². The van der Waals surface area contributed by atoms with Gasteiger partial charge < -0.3 is 4.74 Å². The van der Waals surface area contributed by atoms with Crippen LogP contribution in [0.25, 0.3) is 0 Å². The molecule has 0 aliphatic carbocycles. The Morgan fingerprint density at radius 2 is 2.31 bits per heavy atom. The maximum absolute atomic E-state index is 11.0. The van der Waals surface area contributed by atoms with E-state index in [0.29, 0.717) is 0 Å². The number of benzene rings is 1. The van der Waals surface area contributed by atoms with Crippen LogP contribution in [-0.4, -0.2) is 24.0 Å². The lowest BCUT2D eigenvalue weighted by Crippen LogP contribution is -2.30. The number of hydrogen-bond donors (Lipinski definition) is 0. The molecule has 16 heavy (non-hydrogen) atoms. The minimum absolute atomic E-state index is 0.244. The molecule has 3 nitrogen and oxygen atoms in total. The molecule has 86 valence electrons. The molecule has 1 aromatic rings. The molecule has 0 saturated heterocycles. The van der Waals surface area contributed by atoms with Crippen molar-refractivity contribution < 1.29 is 9.53 Å². The summed E-state index contributed by atoms with van der Waals surface area (Å²) in [6, 6.07) is 5.95. The molecule has 0 unspecified atom stereocenters. The molecule has 3 heteroatoms. The molecule has 1 aromatic carbocycles. The molecule has 0 saturated carbocycles. The topological polar surface area (TPSA) is 29.5 Å². The summed E-state index contributed by atoms with van der Waals surface area (Å²) in [4.78, 5) is 13.4. The molecule has 0 fully saturated rings. The summed E-state index contributed by atoms with van der Waals surface area (Å²) in [5.74, 6) is 0.493. The summed E-state index contributed by atoms with van der Waals surface area (Å²) >= 11 is 0. The Kier molecular flexibility index (Phi) is 3.25. The van der Waals surface area contributed by atoms with Gasteiger partial charge in [0.2, 0.25) is 0 Å². The molecular formula is C13H17NO2. The Morgan fingerprint density at radius 3 is 3.00 bits per heavy atom. The number of ether oxygens (including phenoxy) is 1. The van der Waals surface area contributed by atoms with Crippen LogP contribution in [0.1, 0.15) is 25.0 Å². The molecule has 1 heterocycles. The van der Waals surface area contributed by atoms with Gasteiger partial charge in [0.15, 0.2) is 0 Å². The van der Waals surface area contributed by atoms with Crippen molar-refractivity contribution in [2.45, 2.75) is 26.8 Å². The van der Waals surface area contributed by atoms with Crippen molar-refractivity contribution in [3.05, 3.63) is 29.3 Å². The van der Waals surface area contributed by atoms with Gasteiger partial charge in [-0.1, -0.05) is 19.1 Å². The maximum atomic E-state index is 11.0. The summed E-state index contributed by atoms with van der Waals surface area (Å²) in [5, 5.41) is 0. The van der Waals surface area contributed by atoms with E-state index in [1.54, 1.807) is 0 Å². The molecule has 0 atom stereocenters. The number of carbonyl (C=O) groups excluding carboxylic acids is 1. The van der Waals surface area contributed by atoms with Gasteiger partial charge in [-0.3, -0.25) is 9.69 Å². The SMILES string of the molecule is CCN1CCc2c(cccc2OC(C)=O)C1.